The van der Waals surface area contributed by atoms with Gasteiger partial charge >= 0.3 is 6.61 Å². The Morgan fingerprint density at radius 1 is 1.00 bits per heavy atom. The van der Waals surface area contributed by atoms with Crippen LogP contribution in [0.4, 0.5) is 8.78 Å². The molecule has 0 aliphatic carbocycles. The van der Waals surface area contributed by atoms with Crippen molar-refractivity contribution in [3.8, 4) is 17.2 Å². The fourth-order valence-electron chi connectivity index (χ4n) is 3.32. The summed E-state index contributed by atoms with van der Waals surface area (Å²) in [6.07, 6.45) is 2.48. The summed E-state index contributed by atoms with van der Waals surface area (Å²) < 4.78 is 40.4. The molecular weight excluding hydrogens is 428 g/mol. The maximum Gasteiger partial charge on any atom is 0.387 e. The maximum absolute atomic E-state index is 12.7. The van der Waals surface area contributed by atoms with Crippen LogP contribution in [0.5, 0.6) is 17.2 Å². The van der Waals surface area contributed by atoms with Gasteiger partial charge in [-0.15, -0.1) is 6.58 Å². The smallest absolute Gasteiger partial charge is 0.387 e. The summed E-state index contributed by atoms with van der Waals surface area (Å²) in [4.78, 5) is 12.7. The average molecular weight is 453 g/mol. The minimum Gasteiger partial charge on any atom is -0.493 e. The van der Waals surface area contributed by atoms with Crippen LogP contribution in [0.2, 0.25) is 0 Å². The van der Waals surface area contributed by atoms with Crippen LogP contribution in [0.1, 0.15) is 22.7 Å². The second-order valence-electron chi connectivity index (χ2n) is 7.13. The first-order valence-corrected chi connectivity index (χ1v) is 10.3. The molecule has 0 radical (unpaired) electrons. The highest BCUT2D eigenvalue weighted by atomic mass is 19.3. The van der Waals surface area contributed by atoms with E-state index in [1.165, 1.54) is 19.2 Å². The zero-order chi connectivity index (χ0) is 23.6. The van der Waals surface area contributed by atoms with Crippen LogP contribution in [-0.2, 0) is 11.2 Å². The number of allylic oxidation sites excluding steroid dienone is 1. The normalized spacial score (nSPS) is 11.5. The summed E-state index contributed by atoms with van der Waals surface area (Å²) in [6.45, 7) is 0.591. The Balaban J connectivity index is 1.73. The Labute approximate surface area is 191 Å². The minimum absolute atomic E-state index is 0.0437. The number of ether oxygens (including phenoxy) is 3. The Kier molecular flexibility index (Phi) is 8.41. The van der Waals surface area contributed by atoms with Crippen molar-refractivity contribution in [2.24, 2.45) is 0 Å². The largest absolute Gasteiger partial charge is 0.493 e. The number of amides is 1. The van der Waals surface area contributed by atoms with Crippen molar-refractivity contribution in [2.75, 3.05) is 13.7 Å². The number of rotatable bonds is 11. The number of nitrogens with one attached hydrogen (secondary N) is 1. The fourth-order valence-corrected chi connectivity index (χ4v) is 3.32. The predicted octanol–water partition coefficient (Wildman–Crippen LogP) is 5.31. The first-order valence-electron chi connectivity index (χ1n) is 10.3. The van der Waals surface area contributed by atoms with E-state index in [0.717, 1.165) is 11.1 Å². The molecular formula is C26H25F2NO4. The molecule has 5 nitrogen and oxygen atoms in total. The summed E-state index contributed by atoms with van der Waals surface area (Å²) in [7, 11) is 1.53. The van der Waals surface area contributed by atoms with E-state index in [4.69, 9.17) is 9.47 Å². The van der Waals surface area contributed by atoms with Gasteiger partial charge in [0.1, 0.15) is 5.75 Å². The number of halogens is 2. The second kappa shape index (κ2) is 11.7. The quantitative estimate of drug-likeness (QED) is 0.400. The Morgan fingerprint density at radius 2 is 1.70 bits per heavy atom. The number of hydrogen-bond donors (Lipinski definition) is 1. The summed E-state index contributed by atoms with van der Waals surface area (Å²) in [5.74, 6) is 0.665. The molecule has 0 fully saturated rings. The van der Waals surface area contributed by atoms with E-state index in [-0.39, 0.29) is 18.3 Å². The molecule has 0 aliphatic rings. The van der Waals surface area contributed by atoms with Gasteiger partial charge in [-0.05, 0) is 47.4 Å². The van der Waals surface area contributed by atoms with Gasteiger partial charge in [-0.2, -0.15) is 8.78 Å². The van der Waals surface area contributed by atoms with Gasteiger partial charge in [0.15, 0.2) is 18.1 Å². The van der Waals surface area contributed by atoms with Crippen LogP contribution in [0.25, 0.3) is 0 Å². The number of benzene rings is 3. The van der Waals surface area contributed by atoms with Gasteiger partial charge in [0.25, 0.3) is 5.91 Å². The van der Waals surface area contributed by atoms with Gasteiger partial charge in [0, 0.05) is 0 Å². The summed E-state index contributed by atoms with van der Waals surface area (Å²) >= 11 is 0. The molecule has 0 aliphatic heterocycles. The molecule has 0 bridgehead atoms. The van der Waals surface area contributed by atoms with Crippen molar-refractivity contribution < 1.29 is 27.8 Å². The topological polar surface area (TPSA) is 56.8 Å². The molecule has 1 unspecified atom stereocenters. The lowest BCUT2D eigenvalue weighted by Crippen LogP contribution is -2.33. The van der Waals surface area contributed by atoms with Gasteiger partial charge < -0.3 is 19.5 Å². The molecule has 172 valence electrons. The standard InChI is InChI=1S/C26H25F2NO4/c1-3-7-18-10-15-22(23(16-18)31-2)32-17-24(30)29-25(19-8-5-4-6-9-19)20-11-13-21(14-12-20)33-26(27)28/h3-6,8-16,25-26H,1,7,17H2,2H3,(H,29,30). The molecule has 3 aromatic rings. The average Bonchev–Trinajstić information content (AvgIpc) is 2.82. The van der Waals surface area contributed by atoms with Gasteiger partial charge in [-0.1, -0.05) is 54.6 Å². The number of carbonyl (C=O) groups excluding carboxylic acids is 1. The number of carbonyl (C=O) groups is 1. The Hall–Kier alpha value is -3.87. The van der Waals surface area contributed by atoms with E-state index in [1.54, 1.807) is 24.3 Å². The van der Waals surface area contributed by atoms with E-state index in [9.17, 15) is 13.6 Å². The molecule has 0 aromatic heterocycles. The molecule has 3 aromatic carbocycles. The number of methoxy groups -OCH3 is 1. The van der Waals surface area contributed by atoms with Crippen LogP contribution < -0.4 is 19.5 Å². The van der Waals surface area contributed by atoms with E-state index in [0.29, 0.717) is 23.5 Å². The van der Waals surface area contributed by atoms with E-state index < -0.39 is 12.7 Å². The van der Waals surface area contributed by atoms with E-state index in [1.807, 2.05) is 42.5 Å². The van der Waals surface area contributed by atoms with Crippen molar-refractivity contribution in [1.29, 1.82) is 0 Å². The Bertz CT molecular complexity index is 1060. The van der Waals surface area contributed by atoms with Crippen molar-refractivity contribution in [3.05, 3.63) is 102 Å². The summed E-state index contributed by atoms with van der Waals surface area (Å²) in [6, 6.07) is 20.4. The second-order valence-corrected chi connectivity index (χ2v) is 7.13. The number of hydrogen-bond acceptors (Lipinski definition) is 4. The third-order valence-corrected chi connectivity index (χ3v) is 4.84. The molecule has 33 heavy (non-hydrogen) atoms. The van der Waals surface area contributed by atoms with Gasteiger partial charge in [-0.25, -0.2) is 0 Å². The van der Waals surface area contributed by atoms with Crippen molar-refractivity contribution >= 4 is 5.91 Å². The zero-order valence-electron chi connectivity index (χ0n) is 18.2. The van der Waals surface area contributed by atoms with Crippen LogP contribution in [0, 0.1) is 0 Å². The summed E-state index contributed by atoms with van der Waals surface area (Å²) in [5, 5.41) is 2.94. The molecule has 1 atom stereocenters. The molecule has 3 rings (SSSR count). The van der Waals surface area contributed by atoms with E-state index in [2.05, 4.69) is 16.6 Å². The Morgan fingerprint density at radius 3 is 2.33 bits per heavy atom. The minimum atomic E-state index is -2.90. The molecule has 7 heteroatoms. The van der Waals surface area contributed by atoms with Gasteiger partial charge in [-0.3, -0.25) is 4.79 Å². The highest BCUT2D eigenvalue weighted by molar-refractivity contribution is 5.78. The molecule has 0 heterocycles. The lowest BCUT2D eigenvalue weighted by Gasteiger charge is -2.20. The highest BCUT2D eigenvalue weighted by Crippen LogP contribution is 2.29. The zero-order valence-corrected chi connectivity index (χ0v) is 18.2. The highest BCUT2D eigenvalue weighted by Gasteiger charge is 2.18. The molecule has 0 saturated heterocycles. The first-order chi connectivity index (χ1) is 16.0. The van der Waals surface area contributed by atoms with Gasteiger partial charge in [0.05, 0.1) is 13.2 Å². The molecule has 1 N–H and O–H groups in total. The maximum atomic E-state index is 12.7. The lowest BCUT2D eigenvalue weighted by molar-refractivity contribution is -0.123. The third-order valence-electron chi connectivity index (χ3n) is 4.84. The molecule has 0 spiro atoms. The van der Waals surface area contributed by atoms with E-state index >= 15 is 0 Å². The van der Waals surface area contributed by atoms with Crippen LogP contribution >= 0.6 is 0 Å². The van der Waals surface area contributed by atoms with Crippen LogP contribution in [0.15, 0.2) is 85.5 Å². The summed E-state index contributed by atoms with van der Waals surface area (Å²) in [5.41, 5.74) is 2.56. The SMILES string of the molecule is C=CCc1ccc(OCC(=O)NC(c2ccccc2)c2ccc(OC(F)F)cc2)c(OC)c1. The fraction of sp³-hybridized carbons (Fsp3) is 0.192. The first kappa shape index (κ1) is 23.8. The van der Waals surface area contributed by atoms with Crippen LogP contribution in [-0.4, -0.2) is 26.2 Å². The molecule has 0 saturated carbocycles. The van der Waals surface area contributed by atoms with Crippen LogP contribution in [0.3, 0.4) is 0 Å². The lowest BCUT2D eigenvalue weighted by atomic mass is 9.98. The number of alkyl halides is 2. The van der Waals surface area contributed by atoms with Crippen molar-refractivity contribution in [1.82, 2.24) is 5.32 Å². The molecule has 1 amide bonds. The predicted molar refractivity (Wildman–Crippen MR) is 122 cm³/mol. The monoisotopic (exact) mass is 453 g/mol. The third kappa shape index (κ3) is 6.80. The van der Waals surface area contributed by atoms with Gasteiger partial charge in [0.2, 0.25) is 0 Å². The van der Waals surface area contributed by atoms with Crippen molar-refractivity contribution in [2.45, 2.75) is 19.1 Å². The van der Waals surface area contributed by atoms with Crippen molar-refractivity contribution in [3.63, 3.8) is 0 Å².